The molecule has 1 heterocycles. The Kier molecular flexibility index (Phi) is 2.60. The van der Waals surface area contributed by atoms with Crippen LogP contribution in [0.2, 0.25) is 5.02 Å². The highest BCUT2D eigenvalue weighted by atomic mass is 35.5. The smallest absolute Gasteiger partial charge is 0.165 e. The Labute approximate surface area is 92.7 Å². The van der Waals surface area contributed by atoms with Crippen LogP contribution in [0.3, 0.4) is 0 Å². The zero-order valence-corrected chi connectivity index (χ0v) is 9.07. The summed E-state index contributed by atoms with van der Waals surface area (Å²) in [5.41, 5.74) is 7.34. The molecule has 5 heteroatoms. The molecule has 4 nitrogen and oxygen atoms in total. The van der Waals surface area contributed by atoms with Gasteiger partial charge in [-0.15, -0.1) is 10.2 Å². The van der Waals surface area contributed by atoms with Crippen molar-refractivity contribution in [2.24, 2.45) is 0 Å². The van der Waals surface area contributed by atoms with Crippen LogP contribution in [0.5, 0.6) is 0 Å². The lowest BCUT2D eigenvalue weighted by molar-refractivity contribution is 0.767. The van der Waals surface area contributed by atoms with Crippen molar-refractivity contribution in [1.82, 2.24) is 14.8 Å². The summed E-state index contributed by atoms with van der Waals surface area (Å²) in [6, 6.07) is 5.33. The summed E-state index contributed by atoms with van der Waals surface area (Å²) in [7, 11) is 0. The largest absolute Gasteiger partial charge is 0.398 e. The van der Waals surface area contributed by atoms with E-state index in [1.807, 2.05) is 11.5 Å². The van der Waals surface area contributed by atoms with E-state index in [-0.39, 0.29) is 0 Å². The molecule has 0 unspecified atom stereocenters. The standard InChI is InChI=1S/C10H11ClN4/c1-2-15-6-13-14-10(15)8-5-7(11)3-4-9(8)12/h3-6H,2,12H2,1H3. The lowest BCUT2D eigenvalue weighted by atomic mass is 10.1. The van der Waals surface area contributed by atoms with E-state index in [9.17, 15) is 0 Å². The summed E-state index contributed by atoms with van der Waals surface area (Å²) >= 11 is 5.92. The fourth-order valence-corrected chi connectivity index (χ4v) is 1.59. The lowest BCUT2D eigenvalue weighted by Gasteiger charge is -2.06. The SMILES string of the molecule is CCn1cnnc1-c1cc(Cl)ccc1N. The Balaban J connectivity index is 2.58. The third kappa shape index (κ3) is 1.80. The molecule has 0 aliphatic carbocycles. The van der Waals surface area contributed by atoms with E-state index in [1.54, 1.807) is 24.5 Å². The fraction of sp³-hybridized carbons (Fsp3) is 0.200. The summed E-state index contributed by atoms with van der Waals surface area (Å²) in [6.07, 6.45) is 1.68. The van der Waals surface area contributed by atoms with Crippen LogP contribution in [0, 0.1) is 0 Å². The van der Waals surface area contributed by atoms with Gasteiger partial charge in [-0.3, -0.25) is 0 Å². The van der Waals surface area contributed by atoms with Crippen LogP contribution < -0.4 is 5.73 Å². The summed E-state index contributed by atoms with van der Waals surface area (Å²) < 4.78 is 1.92. The molecule has 1 aromatic heterocycles. The normalized spacial score (nSPS) is 10.5. The van der Waals surface area contributed by atoms with Gasteiger partial charge in [0.15, 0.2) is 5.82 Å². The van der Waals surface area contributed by atoms with Gasteiger partial charge in [0, 0.05) is 22.8 Å². The van der Waals surface area contributed by atoms with Gasteiger partial charge in [-0.2, -0.15) is 0 Å². The summed E-state index contributed by atoms with van der Waals surface area (Å²) in [5.74, 6) is 0.748. The van der Waals surface area contributed by atoms with Crippen molar-refractivity contribution < 1.29 is 0 Å². The Morgan fingerprint density at radius 3 is 3.00 bits per heavy atom. The molecule has 15 heavy (non-hydrogen) atoms. The third-order valence-electron chi connectivity index (χ3n) is 2.21. The predicted octanol–water partition coefficient (Wildman–Crippen LogP) is 2.20. The fourth-order valence-electron chi connectivity index (χ4n) is 1.42. The summed E-state index contributed by atoms with van der Waals surface area (Å²) in [4.78, 5) is 0. The minimum absolute atomic E-state index is 0.643. The molecule has 2 rings (SSSR count). The number of nitrogens with zero attached hydrogens (tertiary/aromatic N) is 3. The van der Waals surface area contributed by atoms with E-state index in [2.05, 4.69) is 10.2 Å². The molecule has 78 valence electrons. The van der Waals surface area contributed by atoms with Crippen molar-refractivity contribution >= 4 is 17.3 Å². The van der Waals surface area contributed by atoms with Crippen LogP contribution in [-0.2, 0) is 6.54 Å². The average Bonchev–Trinajstić information content (AvgIpc) is 2.69. The van der Waals surface area contributed by atoms with Crippen LogP contribution in [0.1, 0.15) is 6.92 Å². The van der Waals surface area contributed by atoms with Crippen molar-refractivity contribution in [3.8, 4) is 11.4 Å². The van der Waals surface area contributed by atoms with Gasteiger partial charge in [0.25, 0.3) is 0 Å². The molecule has 2 aromatic rings. The Morgan fingerprint density at radius 1 is 1.47 bits per heavy atom. The molecule has 0 amide bonds. The molecule has 0 fully saturated rings. The highest BCUT2D eigenvalue weighted by molar-refractivity contribution is 6.31. The number of aromatic nitrogens is 3. The van der Waals surface area contributed by atoms with E-state index in [4.69, 9.17) is 17.3 Å². The quantitative estimate of drug-likeness (QED) is 0.793. The first-order valence-electron chi connectivity index (χ1n) is 4.65. The summed E-state index contributed by atoms with van der Waals surface area (Å²) in [5, 5.41) is 8.53. The second-order valence-corrected chi connectivity index (χ2v) is 3.61. The minimum atomic E-state index is 0.643. The van der Waals surface area contributed by atoms with Crippen molar-refractivity contribution in [2.45, 2.75) is 13.5 Å². The average molecular weight is 223 g/mol. The minimum Gasteiger partial charge on any atom is -0.398 e. The number of aryl methyl sites for hydroxylation is 1. The molecule has 2 N–H and O–H groups in total. The van der Waals surface area contributed by atoms with Crippen LogP contribution >= 0.6 is 11.6 Å². The van der Waals surface area contributed by atoms with Gasteiger partial charge in [-0.1, -0.05) is 11.6 Å². The number of hydrogen-bond acceptors (Lipinski definition) is 3. The van der Waals surface area contributed by atoms with E-state index >= 15 is 0 Å². The van der Waals surface area contributed by atoms with Crippen LogP contribution in [-0.4, -0.2) is 14.8 Å². The van der Waals surface area contributed by atoms with E-state index < -0.39 is 0 Å². The molecular weight excluding hydrogens is 212 g/mol. The Bertz CT molecular complexity index is 478. The number of hydrogen-bond donors (Lipinski definition) is 1. The van der Waals surface area contributed by atoms with Gasteiger partial charge < -0.3 is 10.3 Å². The Morgan fingerprint density at radius 2 is 2.27 bits per heavy atom. The number of nitrogens with two attached hydrogens (primary N) is 1. The lowest BCUT2D eigenvalue weighted by Crippen LogP contribution is -1.99. The van der Waals surface area contributed by atoms with Crippen molar-refractivity contribution in [3.63, 3.8) is 0 Å². The molecule has 0 atom stereocenters. The van der Waals surface area contributed by atoms with E-state index in [0.29, 0.717) is 10.7 Å². The van der Waals surface area contributed by atoms with Crippen LogP contribution in [0.4, 0.5) is 5.69 Å². The molecule has 0 saturated heterocycles. The molecule has 0 bridgehead atoms. The maximum Gasteiger partial charge on any atom is 0.165 e. The van der Waals surface area contributed by atoms with Gasteiger partial charge in [-0.25, -0.2) is 0 Å². The van der Waals surface area contributed by atoms with E-state index in [0.717, 1.165) is 17.9 Å². The predicted molar refractivity (Wildman–Crippen MR) is 60.6 cm³/mol. The Hall–Kier alpha value is -1.55. The monoisotopic (exact) mass is 222 g/mol. The highest BCUT2D eigenvalue weighted by Gasteiger charge is 2.09. The van der Waals surface area contributed by atoms with Gasteiger partial charge in [-0.05, 0) is 25.1 Å². The second kappa shape index (κ2) is 3.90. The zero-order valence-electron chi connectivity index (χ0n) is 8.31. The summed E-state index contributed by atoms with van der Waals surface area (Å²) in [6.45, 7) is 2.82. The first-order valence-corrected chi connectivity index (χ1v) is 5.03. The third-order valence-corrected chi connectivity index (χ3v) is 2.45. The van der Waals surface area contributed by atoms with Gasteiger partial charge in [0.2, 0.25) is 0 Å². The topological polar surface area (TPSA) is 56.7 Å². The maximum atomic E-state index is 5.92. The number of nitrogen functional groups attached to an aromatic ring is 1. The van der Waals surface area contributed by atoms with Crippen LogP contribution in [0.25, 0.3) is 11.4 Å². The number of halogens is 1. The van der Waals surface area contributed by atoms with Gasteiger partial charge in [0.05, 0.1) is 0 Å². The molecule has 1 aromatic carbocycles. The van der Waals surface area contributed by atoms with Crippen molar-refractivity contribution in [2.75, 3.05) is 5.73 Å². The van der Waals surface area contributed by atoms with Gasteiger partial charge >= 0.3 is 0 Å². The zero-order chi connectivity index (χ0) is 10.8. The number of benzene rings is 1. The first-order chi connectivity index (χ1) is 7.22. The highest BCUT2D eigenvalue weighted by Crippen LogP contribution is 2.26. The second-order valence-electron chi connectivity index (χ2n) is 3.17. The van der Waals surface area contributed by atoms with Crippen molar-refractivity contribution in [3.05, 3.63) is 29.5 Å². The molecule has 0 aliphatic heterocycles. The van der Waals surface area contributed by atoms with Crippen LogP contribution in [0.15, 0.2) is 24.5 Å². The van der Waals surface area contributed by atoms with Crippen molar-refractivity contribution in [1.29, 1.82) is 0 Å². The molecular formula is C10H11ClN4. The van der Waals surface area contributed by atoms with E-state index in [1.165, 1.54) is 0 Å². The number of anilines is 1. The molecule has 0 spiro atoms. The van der Waals surface area contributed by atoms with Gasteiger partial charge in [0.1, 0.15) is 6.33 Å². The maximum absolute atomic E-state index is 5.92. The number of rotatable bonds is 2. The molecule has 0 saturated carbocycles. The first kappa shape index (κ1) is 9.98. The molecule has 0 aliphatic rings. The molecule has 0 radical (unpaired) electrons.